The molecule has 32 heavy (non-hydrogen) atoms. The summed E-state index contributed by atoms with van der Waals surface area (Å²) in [4.78, 5) is 5.04. The molecule has 0 N–H and O–H groups in total. The van der Waals surface area contributed by atoms with Crippen molar-refractivity contribution in [1.82, 2.24) is 4.67 Å². The van der Waals surface area contributed by atoms with Crippen LogP contribution in [-0.2, 0) is 6.42 Å². The van der Waals surface area contributed by atoms with Gasteiger partial charge in [-0.25, -0.2) is 4.99 Å². The average Bonchev–Trinajstić information content (AvgIpc) is 2.87. The largest absolute Gasteiger partial charge is 0.302 e. The molecule has 1 aliphatic carbocycles. The first-order valence-corrected chi connectivity index (χ1v) is 12.8. The van der Waals surface area contributed by atoms with Gasteiger partial charge in [0.2, 0.25) is 0 Å². The zero-order valence-corrected chi connectivity index (χ0v) is 19.9. The Morgan fingerprint density at radius 2 is 1.34 bits per heavy atom. The molecule has 1 aliphatic rings. The van der Waals surface area contributed by atoms with E-state index in [9.17, 15) is 0 Å². The molecule has 3 aromatic rings. The second-order valence-electron chi connectivity index (χ2n) is 7.80. The molecule has 4 rings (SSSR count). The Balaban J connectivity index is 1.86. The van der Waals surface area contributed by atoms with Crippen molar-refractivity contribution in [3.8, 4) is 0 Å². The van der Waals surface area contributed by atoms with Gasteiger partial charge in [0.05, 0.1) is 20.1 Å². The maximum absolute atomic E-state index is 5.04. The molecule has 0 heterocycles. The highest BCUT2D eigenvalue weighted by Crippen LogP contribution is 2.44. The molecule has 2 nitrogen and oxygen atoms in total. The molecule has 0 amide bonds. The summed E-state index contributed by atoms with van der Waals surface area (Å²) < 4.78 is 2.45. The van der Waals surface area contributed by atoms with Crippen molar-refractivity contribution in [3.63, 3.8) is 0 Å². The van der Waals surface area contributed by atoms with Gasteiger partial charge in [-0.3, -0.25) is 0 Å². The molecule has 3 heteroatoms. The third-order valence-corrected chi connectivity index (χ3v) is 8.07. The molecule has 0 bridgehead atoms. The first-order chi connectivity index (χ1) is 15.8. The molecular weight excluding hydrogens is 407 g/mol. The van der Waals surface area contributed by atoms with Gasteiger partial charge in [0.25, 0.3) is 0 Å². The number of nitrogens with zero attached hydrogens (tertiary/aromatic N) is 2. The number of hydrogen-bond donors (Lipinski definition) is 0. The lowest BCUT2D eigenvalue weighted by Crippen LogP contribution is -2.28. The van der Waals surface area contributed by atoms with Gasteiger partial charge in [0.1, 0.15) is 0 Å². The molecule has 0 aliphatic heterocycles. The van der Waals surface area contributed by atoms with Crippen LogP contribution in [0.3, 0.4) is 0 Å². The van der Waals surface area contributed by atoms with E-state index in [4.69, 9.17) is 4.99 Å². The number of rotatable bonds is 8. The van der Waals surface area contributed by atoms with Crippen LogP contribution in [-0.4, -0.2) is 11.0 Å². The monoisotopic (exact) mass is 438 g/mol. The highest BCUT2D eigenvalue weighted by atomic mass is 31.1. The molecule has 0 spiro atoms. The second kappa shape index (κ2) is 11.1. The fourth-order valence-corrected chi connectivity index (χ4v) is 6.38. The molecule has 0 radical (unpaired) electrons. The van der Waals surface area contributed by atoms with Crippen molar-refractivity contribution < 1.29 is 0 Å². The van der Waals surface area contributed by atoms with Crippen LogP contribution in [0.4, 0.5) is 5.69 Å². The van der Waals surface area contributed by atoms with Crippen LogP contribution in [0, 0.1) is 0 Å². The first-order valence-electron chi connectivity index (χ1n) is 11.5. The maximum Gasteiger partial charge on any atom is 0.0995 e. The summed E-state index contributed by atoms with van der Waals surface area (Å²) in [5.41, 5.74) is 5.03. The third kappa shape index (κ3) is 5.09. The van der Waals surface area contributed by atoms with Gasteiger partial charge in [0, 0.05) is 16.3 Å². The Kier molecular flexibility index (Phi) is 7.69. The van der Waals surface area contributed by atoms with Crippen LogP contribution in [0.25, 0.3) is 0 Å². The number of allylic oxidation sites excluding steroid dienone is 3. The molecule has 162 valence electrons. The number of para-hydroxylation sites is 1. The summed E-state index contributed by atoms with van der Waals surface area (Å²) >= 11 is 0. The zero-order chi connectivity index (χ0) is 22.2. The van der Waals surface area contributed by atoms with E-state index in [1.807, 2.05) is 0 Å². The molecular formula is C29H31N2P. The van der Waals surface area contributed by atoms with E-state index in [1.165, 1.54) is 27.4 Å². The number of aliphatic imine (C=N–C) groups is 1. The van der Waals surface area contributed by atoms with E-state index in [-0.39, 0.29) is 0 Å². The fraction of sp³-hybridized carbons (Fsp3) is 0.207. The van der Waals surface area contributed by atoms with Crippen LogP contribution in [0.2, 0.25) is 0 Å². The minimum Gasteiger partial charge on any atom is -0.302 e. The number of aryl methyl sites for hydroxylation is 1. The lowest BCUT2D eigenvalue weighted by atomic mass is 10.0. The van der Waals surface area contributed by atoms with Crippen LogP contribution < -0.4 is 10.6 Å². The standard InChI is InChI=1S/C29H31N2P/c1-3-24-15-11-13-21-28(24)30-23-31(29-22-14-12-16-25(29)4-2)32(26-17-7-5-8-18-26)27-19-9-6-10-20-27/h5-11,13,15-23H,3-4,12,14H2,1-2H3. The summed E-state index contributed by atoms with van der Waals surface area (Å²) in [6, 6.07) is 30.2. The minimum atomic E-state index is -0.805. The van der Waals surface area contributed by atoms with Crippen molar-refractivity contribution in [2.45, 2.75) is 39.5 Å². The molecule has 0 aromatic heterocycles. The Morgan fingerprint density at radius 3 is 1.97 bits per heavy atom. The van der Waals surface area contributed by atoms with Crippen molar-refractivity contribution in [2.24, 2.45) is 4.99 Å². The normalized spacial score (nSPS) is 13.8. The van der Waals surface area contributed by atoms with E-state index in [0.29, 0.717) is 0 Å². The van der Waals surface area contributed by atoms with Crippen molar-refractivity contribution in [2.75, 3.05) is 0 Å². The van der Waals surface area contributed by atoms with Crippen LogP contribution in [0.1, 0.15) is 38.7 Å². The Bertz CT molecular complexity index is 1060. The summed E-state index contributed by atoms with van der Waals surface area (Å²) in [5, 5.41) is 2.65. The summed E-state index contributed by atoms with van der Waals surface area (Å²) in [5.74, 6) is 0. The van der Waals surface area contributed by atoms with Crippen LogP contribution >= 0.6 is 8.07 Å². The Morgan fingerprint density at radius 1 is 0.750 bits per heavy atom. The van der Waals surface area contributed by atoms with Gasteiger partial charge in [-0.15, -0.1) is 0 Å². The van der Waals surface area contributed by atoms with E-state index in [1.54, 1.807) is 0 Å². The Labute approximate surface area is 193 Å². The predicted molar refractivity (Wildman–Crippen MR) is 141 cm³/mol. The molecule has 0 unspecified atom stereocenters. The van der Waals surface area contributed by atoms with Crippen molar-refractivity contribution >= 4 is 30.7 Å². The highest BCUT2D eigenvalue weighted by Gasteiger charge is 2.25. The van der Waals surface area contributed by atoms with Crippen LogP contribution in [0.15, 0.2) is 113 Å². The molecule has 0 fully saturated rings. The highest BCUT2D eigenvalue weighted by molar-refractivity contribution is 7.71. The van der Waals surface area contributed by atoms with Gasteiger partial charge < -0.3 is 4.67 Å². The number of benzene rings is 3. The lowest BCUT2D eigenvalue weighted by Gasteiger charge is -2.34. The average molecular weight is 439 g/mol. The smallest absolute Gasteiger partial charge is 0.0995 e. The molecule has 0 saturated heterocycles. The Hall–Kier alpha value is -2.96. The summed E-state index contributed by atoms with van der Waals surface area (Å²) in [6.45, 7) is 4.44. The zero-order valence-electron chi connectivity index (χ0n) is 19.0. The van der Waals surface area contributed by atoms with E-state index >= 15 is 0 Å². The van der Waals surface area contributed by atoms with Gasteiger partial charge >= 0.3 is 0 Å². The lowest BCUT2D eigenvalue weighted by molar-refractivity contribution is 0.791. The fourth-order valence-electron chi connectivity index (χ4n) is 4.09. The number of hydrogen-bond acceptors (Lipinski definition) is 1. The maximum atomic E-state index is 5.04. The van der Waals surface area contributed by atoms with E-state index < -0.39 is 8.07 Å². The third-order valence-electron chi connectivity index (χ3n) is 5.75. The van der Waals surface area contributed by atoms with Crippen molar-refractivity contribution in [1.29, 1.82) is 0 Å². The van der Waals surface area contributed by atoms with E-state index in [2.05, 4.69) is 122 Å². The summed E-state index contributed by atoms with van der Waals surface area (Å²) in [6.07, 6.45) is 11.1. The van der Waals surface area contributed by atoms with E-state index in [0.717, 1.165) is 31.4 Å². The van der Waals surface area contributed by atoms with Gasteiger partial charge in [0.15, 0.2) is 0 Å². The second-order valence-corrected chi connectivity index (χ2v) is 9.89. The quantitative estimate of drug-likeness (QED) is 0.205. The summed E-state index contributed by atoms with van der Waals surface area (Å²) in [7, 11) is -0.805. The minimum absolute atomic E-state index is 0.805. The first kappa shape index (κ1) is 22.2. The van der Waals surface area contributed by atoms with Gasteiger partial charge in [-0.1, -0.05) is 105 Å². The van der Waals surface area contributed by atoms with Crippen LogP contribution in [0.5, 0.6) is 0 Å². The predicted octanol–water partition coefficient (Wildman–Crippen LogP) is 7.27. The van der Waals surface area contributed by atoms with Gasteiger partial charge in [-0.2, -0.15) is 0 Å². The molecule has 0 atom stereocenters. The topological polar surface area (TPSA) is 15.6 Å². The van der Waals surface area contributed by atoms with Gasteiger partial charge in [-0.05, 0) is 42.9 Å². The SMILES string of the molecule is CCC1=CCCC=C1N(C=Nc1ccccc1CC)P(c1ccccc1)c1ccccc1. The molecule has 3 aromatic carbocycles. The molecule has 0 saturated carbocycles. The van der Waals surface area contributed by atoms with Crippen molar-refractivity contribution in [3.05, 3.63) is 114 Å².